The van der Waals surface area contributed by atoms with Crippen molar-refractivity contribution in [2.45, 2.75) is 40.9 Å². The van der Waals surface area contributed by atoms with Gasteiger partial charge in [-0.15, -0.1) is 0 Å². The molecule has 1 aliphatic heterocycles. The van der Waals surface area contributed by atoms with Crippen molar-refractivity contribution in [1.82, 2.24) is 0 Å². The molecule has 0 aliphatic carbocycles. The van der Waals surface area contributed by atoms with Crippen molar-refractivity contribution in [2.24, 2.45) is 0 Å². The van der Waals surface area contributed by atoms with E-state index >= 15 is 0 Å². The van der Waals surface area contributed by atoms with Crippen LogP contribution in [-0.4, -0.2) is 12.6 Å². The third-order valence-corrected chi connectivity index (χ3v) is 7.20. The fraction of sp³-hybridized carbons (Fsp3) is 0.208. The number of hydrogen-bond donors (Lipinski definition) is 0. The van der Waals surface area contributed by atoms with Crippen LogP contribution in [0.1, 0.15) is 29.0 Å². The molecule has 3 heteroatoms. The maximum absolute atomic E-state index is 11.9. The molecule has 2 nitrogen and oxygen atoms in total. The van der Waals surface area contributed by atoms with Gasteiger partial charge in [0.05, 0.1) is 23.4 Å². The van der Waals surface area contributed by atoms with Gasteiger partial charge in [0.25, 0.3) is 0 Å². The van der Waals surface area contributed by atoms with Crippen LogP contribution in [0.25, 0.3) is 0 Å². The number of cyclic esters (lactones) is 1. The number of esters is 1. The zero-order chi connectivity index (χ0) is 18.8. The minimum atomic E-state index is -0.166. The van der Waals surface area contributed by atoms with Crippen molar-refractivity contribution >= 4 is 16.9 Å². The molecule has 0 aromatic heterocycles. The largest absolute Gasteiger partial charge is 0.465 e. The Morgan fingerprint density at radius 2 is 1.19 bits per heavy atom. The van der Waals surface area contributed by atoms with Gasteiger partial charge < -0.3 is 4.74 Å². The molecule has 0 bridgehead atoms. The quantitative estimate of drug-likeness (QED) is 0.449. The van der Waals surface area contributed by atoms with E-state index in [2.05, 4.69) is 86.6 Å². The molecule has 0 amide bonds. The van der Waals surface area contributed by atoms with Crippen LogP contribution >= 0.6 is 0 Å². The van der Waals surface area contributed by atoms with Gasteiger partial charge in [-0.1, -0.05) is 47.5 Å². The molecular weight excluding hydrogens is 352 g/mol. The zero-order valence-electron chi connectivity index (χ0n) is 15.6. The second kappa shape index (κ2) is 7.61. The molecule has 3 aromatic carbocycles. The number of carbonyl (C=O) groups excluding carboxylic acids is 1. The van der Waals surface area contributed by atoms with Gasteiger partial charge in [0.15, 0.2) is 14.7 Å². The van der Waals surface area contributed by atoms with Gasteiger partial charge in [-0.3, -0.25) is 4.79 Å². The first kappa shape index (κ1) is 17.9. The van der Waals surface area contributed by atoms with E-state index in [1.165, 1.54) is 25.8 Å². The predicted octanol–water partition coefficient (Wildman–Crippen LogP) is 5.43. The molecule has 0 spiro atoms. The van der Waals surface area contributed by atoms with E-state index in [-0.39, 0.29) is 22.8 Å². The van der Waals surface area contributed by atoms with E-state index in [9.17, 15) is 4.79 Å². The van der Waals surface area contributed by atoms with Gasteiger partial charge in [-0.2, -0.15) is 0 Å². The van der Waals surface area contributed by atoms with Crippen molar-refractivity contribution in [2.75, 3.05) is 6.61 Å². The fourth-order valence-corrected chi connectivity index (χ4v) is 5.43. The highest BCUT2D eigenvalue weighted by molar-refractivity contribution is 7.97. The Morgan fingerprint density at radius 3 is 1.59 bits per heavy atom. The Labute approximate surface area is 163 Å². The maximum atomic E-state index is 11.9. The van der Waals surface area contributed by atoms with Crippen LogP contribution in [-0.2, 0) is 20.4 Å². The first-order valence-corrected chi connectivity index (χ1v) is 10.5. The summed E-state index contributed by atoms with van der Waals surface area (Å²) in [5.74, 6) is -0.210. The maximum Gasteiger partial charge on any atom is 0.313 e. The molecule has 1 heterocycles. The molecule has 136 valence electrons. The van der Waals surface area contributed by atoms with Crippen LogP contribution in [0, 0.1) is 13.8 Å². The van der Waals surface area contributed by atoms with E-state index in [1.54, 1.807) is 0 Å². The first-order valence-electron chi connectivity index (χ1n) is 9.26. The average molecular weight is 376 g/mol. The van der Waals surface area contributed by atoms with Crippen molar-refractivity contribution in [3.63, 3.8) is 0 Å². The van der Waals surface area contributed by atoms with E-state index in [4.69, 9.17) is 4.74 Å². The minimum absolute atomic E-state index is 0.0983. The summed E-state index contributed by atoms with van der Waals surface area (Å²) in [5, 5.41) is 0. The van der Waals surface area contributed by atoms with Crippen LogP contribution in [0.2, 0.25) is 0 Å². The molecule has 0 saturated carbocycles. The lowest BCUT2D eigenvalue weighted by atomic mass is 9.98. The number of carbonyl (C=O) groups is 1. The zero-order valence-corrected chi connectivity index (χ0v) is 16.5. The van der Waals surface area contributed by atoms with Gasteiger partial charge in [0.1, 0.15) is 0 Å². The lowest BCUT2D eigenvalue weighted by Crippen LogP contribution is -2.08. The number of benzene rings is 3. The summed E-state index contributed by atoms with van der Waals surface area (Å²) >= 11 is 0. The van der Waals surface area contributed by atoms with Crippen LogP contribution in [0.4, 0.5) is 0 Å². The third-order valence-electron chi connectivity index (χ3n) is 4.97. The standard InChI is InChI=1S/C24H23O2S/c1-17-3-9-20(10-4-17)27(21-11-5-18(2)6-12-21)22-13-7-19(8-14-22)23-15-16-26-24(23)25/h3-14,23H,15-16H2,1-2H3/q+1. The molecule has 1 saturated heterocycles. The number of rotatable bonds is 4. The van der Waals surface area contributed by atoms with Crippen molar-refractivity contribution in [3.8, 4) is 0 Å². The molecule has 1 unspecified atom stereocenters. The number of hydrogen-bond acceptors (Lipinski definition) is 2. The Morgan fingerprint density at radius 1 is 0.741 bits per heavy atom. The van der Waals surface area contributed by atoms with Gasteiger partial charge in [0.2, 0.25) is 0 Å². The van der Waals surface area contributed by atoms with E-state index < -0.39 is 0 Å². The fourth-order valence-electron chi connectivity index (χ4n) is 3.39. The summed E-state index contributed by atoms with van der Waals surface area (Å²) in [4.78, 5) is 15.7. The third kappa shape index (κ3) is 3.79. The lowest BCUT2D eigenvalue weighted by Gasteiger charge is -2.10. The monoisotopic (exact) mass is 375 g/mol. The van der Waals surface area contributed by atoms with E-state index in [0.29, 0.717) is 6.61 Å². The predicted molar refractivity (Wildman–Crippen MR) is 109 cm³/mol. The average Bonchev–Trinajstić information content (AvgIpc) is 3.11. The smallest absolute Gasteiger partial charge is 0.313 e. The summed E-state index contributed by atoms with van der Waals surface area (Å²) in [6.07, 6.45) is 0.778. The van der Waals surface area contributed by atoms with Gasteiger partial charge in [-0.25, -0.2) is 0 Å². The Kier molecular flexibility index (Phi) is 5.04. The lowest BCUT2D eigenvalue weighted by molar-refractivity contribution is -0.139. The second-order valence-electron chi connectivity index (χ2n) is 7.01. The molecule has 3 aromatic rings. The Bertz CT molecular complexity index is 882. The highest BCUT2D eigenvalue weighted by Gasteiger charge is 2.31. The van der Waals surface area contributed by atoms with Crippen LogP contribution in [0.3, 0.4) is 0 Å². The van der Waals surface area contributed by atoms with Gasteiger partial charge in [0, 0.05) is 0 Å². The molecule has 27 heavy (non-hydrogen) atoms. The van der Waals surface area contributed by atoms with E-state index in [0.717, 1.165) is 12.0 Å². The molecule has 0 radical (unpaired) electrons. The van der Waals surface area contributed by atoms with E-state index in [1.807, 2.05) is 0 Å². The Hall–Kier alpha value is -2.52. The number of aryl methyl sites for hydroxylation is 2. The highest BCUT2D eigenvalue weighted by Crippen LogP contribution is 2.33. The van der Waals surface area contributed by atoms with Crippen LogP contribution in [0.5, 0.6) is 0 Å². The first-order chi connectivity index (χ1) is 13.1. The SMILES string of the molecule is Cc1ccc([S+](c2ccc(C)cc2)c2ccc(C3CCOC3=O)cc2)cc1. The summed E-state index contributed by atoms with van der Waals surface area (Å²) in [7, 11) is -0.166. The highest BCUT2D eigenvalue weighted by atomic mass is 32.2. The van der Waals surface area contributed by atoms with Crippen LogP contribution < -0.4 is 0 Å². The molecule has 0 N–H and O–H groups in total. The minimum Gasteiger partial charge on any atom is -0.465 e. The normalized spacial score (nSPS) is 16.6. The topological polar surface area (TPSA) is 26.3 Å². The van der Waals surface area contributed by atoms with Gasteiger partial charge in [-0.05, 0) is 62.2 Å². The van der Waals surface area contributed by atoms with Gasteiger partial charge >= 0.3 is 5.97 Å². The molecular formula is C24H23O2S+. The number of ether oxygens (including phenoxy) is 1. The summed E-state index contributed by atoms with van der Waals surface area (Å²) in [5.41, 5.74) is 3.58. The summed E-state index contributed by atoms with van der Waals surface area (Å²) in [6.45, 7) is 4.76. The summed E-state index contributed by atoms with van der Waals surface area (Å²) < 4.78 is 5.12. The summed E-state index contributed by atoms with van der Waals surface area (Å²) in [6, 6.07) is 26.1. The van der Waals surface area contributed by atoms with Crippen molar-refractivity contribution in [1.29, 1.82) is 0 Å². The van der Waals surface area contributed by atoms with Crippen LogP contribution in [0.15, 0.2) is 87.5 Å². The molecule has 1 aliphatic rings. The molecule has 1 atom stereocenters. The second-order valence-corrected chi connectivity index (χ2v) is 9.04. The molecule has 1 fully saturated rings. The Balaban J connectivity index is 1.72. The van der Waals surface area contributed by atoms with Crippen molar-refractivity contribution in [3.05, 3.63) is 89.5 Å². The molecule has 4 rings (SSSR count). The van der Waals surface area contributed by atoms with Crippen molar-refractivity contribution < 1.29 is 9.53 Å².